The second-order valence-electron chi connectivity index (χ2n) is 13.0. The number of aromatic nitrogens is 5. The van der Waals surface area contributed by atoms with E-state index in [4.69, 9.17) is 14.8 Å². The number of carbonyl (C=O) groups is 1. The molecule has 1 unspecified atom stereocenters. The fourth-order valence-corrected chi connectivity index (χ4v) is 7.79. The normalized spacial score (nSPS) is 28.7. The third-order valence-electron chi connectivity index (χ3n) is 10.5. The quantitative estimate of drug-likeness (QED) is 0.526. The SMILES string of the molecule is Cc1cc(N2CCc3c(c(C)nn3CC34CCC(NC(=O)C5COCCN5C)(CC3)CC4)C2)c2cnn(C)c2n1. The Balaban J connectivity index is 1.05. The van der Waals surface area contributed by atoms with Crippen LogP contribution in [0.25, 0.3) is 11.0 Å². The van der Waals surface area contributed by atoms with Crippen molar-refractivity contribution in [2.45, 2.75) is 83.5 Å². The minimum atomic E-state index is -0.166. The Bertz CT molecular complexity index is 1430. The number of ether oxygens (including phenoxy) is 1. The predicted molar refractivity (Wildman–Crippen MR) is 153 cm³/mol. The highest BCUT2D eigenvalue weighted by Crippen LogP contribution is 2.53. The number of nitrogens with one attached hydrogen (secondary N) is 1. The summed E-state index contributed by atoms with van der Waals surface area (Å²) in [6.07, 6.45) is 9.58. The maximum absolute atomic E-state index is 13.2. The standard InChI is InChI=1S/C30H42N8O2/c1-20-15-25(22-16-31-36(4)27(22)32-20)37-12-5-24-23(17-37)21(2)34-38(24)19-29-6-9-30(10-7-29,11-8-29)33-28(39)26-18-40-14-13-35(26)3/h15-16,26H,5-14,17-19H2,1-4H3,(H,33,39). The number of pyridine rings is 1. The molecule has 10 heteroatoms. The zero-order valence-electron chi connectivity index (χ0n) is 24.4. The molecule has 10 nitrogen and oxygen atoms in total. The fourth-order valence-electron chi connectivity index (χ4n) is 7.79. The maximum atomic E-state index is 13.2. The Hall–Kier alpha value is -2.98. The number of carbonyl (C=O) groups excluding carboxylic acids is 1. The lowest BCUT2D eigenvalue weighted by Crippen LogP contribution is -2.62. The van der Waals surface area contributed by atoms with E-state index in [1.165, 1.54) is 16.9 Å². The predicted octanol–water partition coefficient (Wildman–Crippen LogP) is 2.88. The summed E-state index contributed by atoms with van der Waals surface area (Å²) < 4.78 is 9.82. The largest absolute Gasteiger partial charge is 0.378 e. The zero-order chi connectivity index (χ0) is 27.6. The summed E-state index contributed by atoms with van der Waals surface area (Å²) in [7, 11) is 3.99. The number of nitrogens with zero attached hydrogens (tertiary/aromatic N) is 7. The van der Waals surface area contributed by atoms with Gasteiger partial charge < -0.3 is 15.0 Å². The minimum absolute atomic E-state index is 0.0443. The van der Waals surface area contributed by atoms with Crippen molar-refractivity contribution in [3.05, 3.63) is 34.9 Å². The van der Waals surface area contributed by atoms with Gasteiger partial charge in [0.2, 0.25) is 5.91 Å². The number of fused-ring (bicyclic) bond motifs is 5. The van der Waals surface area contributed by atoms with E-state index in [-0.39, 0.29) is 22.9 Å². The van der Waals surface area contributed by atoms with E-state index >= 15 is 0 Å². The van der Waals surface area contributed by atoms with Gasteiger partial charge in [-0.25, -0.2) is 4.98 Å². The van der Waals surface area contributed by atoms with Crippen molar-refractivity contribution in [2.24, 2.45) is 12.5 Å². The molecule has 1 amide bonds. The van der Waals surface area contributed by atoms with Crippen LogP contribution in [0.5, 0.6) is 0 Å². The Morgan fingerprint density at radius 2 is 1.90 bits per heavy atom. The van der Waals surface area contributed by atoms with Gasteiger partial charge in [-0.2, -0.15) is 10.2 Å². The molecule has 8 rings (SSSR count). The van der Waals surface area contributed by atoms with Gasteiger partial charge >= 0.3 is 0 Å². The van der Waals surface area contributed by atoms with Crippen LogP contribution in [0.1, 0.15) is 61.2 Å². The lowest BCUT2D eigenvalue weighted by molar-refractivity contribution is -0.135. The van der Waals surface area contributed by atoms with E-state index < -0.39 is 0 Å². The van der Waals surface area contributed by atoms with Gasteiger partial charge in [-0.3, -0.25) is 19.1 Å². The molecule has 5 heterocycles. The Labute approximate surface area is 236 Å². The summed E-state index contributed by atoms with van der Waals surface area (Å²) in [6.45, 7) is 9.08. The van der Waals surface area contributed by atoms with Crippen LogP contribution in [0.4, 0.5) is 5.69 Å². The number of likely N-dealkylation sites (N-methyl/N-ethyl adjacent to an activating group) is 1. The molecule has 5 aliphatic rings. The van der Waals surface area contributed by atoms with Crippen molar-refractivity contribution >= 4 is 22.6 Å². The number of rotatable bonds is 5. The van der Waals surface area contributed by atoms with E-state index in [1.807, 2.05) is 25.0 Å². The summed E-state index contributed by atoms with van der Waals surface area (Å²) in [5.74, 6) is 0.144. The van der Waals surface area contributed by atoms with Crippen LogP contribution in [-0.4, -0.2) is 80.3 Å². The summed E-state index contributed by atoms with van der Waals surface area (Å²) in [4.78, 5) is 22.5. The molecule has 214 valence electrons. The molecular formula is C30H42N8O2. The van der Waals surface area contributed by atoms with Gasteiger partial charge in [0.25, 0.3) is 0 Å². The molecule has 0 aromatic carbocycles. The van der Waals surface area contributed by atoms with Crippen LogP contribution in [0.3, 0.4) is 0 Å². The maximum Gasteiger partial charge on any atom is 0.240 e. The van der Waals surface area contributed by atoms with Crippen molar-refractivity contribution in [2.75, 3.05) is 38.3 Å². The van der Waals surface area contributed by atoms with Crippen molar-refractivity contribution < 1.29 is 9.53 Å². The van der Waals surface area contributed by atoms with Crippen LogP contribution in [0.15, 0.2) is 12.3 Å². The smallest absolute Gasteiger partial charge is 0.240 e. The van der Waals surface area contributed by atoms with Gasteiger partial charge in [0.15, 0.2) is 5.65 Å². The molecule has 3 saturated carbocycles. The highest BCUT2D eigenvalue weighted by molar-refractivity contribution is 5.89. The van der Waals surface area contributed by atoms with E-state index in [0.717, 1.165) is 93.5 Å². The highest BCUT2D eigenvalue weighted by Gasteiger charge is 2.50. The van der Waals surface area contributed by atoms with E-state index in [1.54, 1.807) is 0 Å². The second kappa shape index (κ2) is 9.55. The molecular weight excluding hydrogens is 504 g/mol. The first-order chi connectivity index (χ1) is 19.2. The minimum Gasteiger partial charge on any atom is -0.378 e. The summed E-state index contributed by atoms with van der Waals surface area (Å²) in [5, 5.41) is 14.2. The number of hydrogen-bond donors (Lipinski definition) is 1. The molecule has 40 heavy (non-hydrogen) atoms. The van der Waals surface area contributed by atoms with E-state index in [9.17, 15) is 4.79 Å². The van der Waals surface area contributed by atoms with Crippen molar-refractivity contribution in [3.63, 3.8) is 0 Å². The van der Waals surface area contributed by atoms with Gasteiger partial charge in [-0.05, 0) is 70.9 Å². The Morgan fingerprint density at radius 3 is 2.65 bits per heavy atom. The Kier molecular flexibility index (Phi) is 6.19. The monoisotopic (exact) mass is 546 g/mol. The van der Waals surface area contributed by atoms with Crippen LogP contribution in [0, 0.1) is 19.3 Å². The molecule has 1 atom stereocenters. The van der Waals surface area contributed by atoms with E-state index in [0.29, 0.717) is 13.2 Å². The number of aryl methyl sites for hydroxylation is 3. The van der Waals surface area contributed by atoms with Crippen molar-refractivity contribution in [1.29, 1.82) is 0 Å². The van der Waals surface area contributed by atoms with Crippen LogP contribution < -0.4 is 10.2 Å². The first-order valence-corrected chi connectivity index (χ1v) is 14.9. The zero-order valence-corrected chi connectivity index (χ0v) is 24.4. The molecule has 0 radical (unpaired) electrons. The number of anilines is 1. The summed E-state index contributed by atoms with van der Waals surface area (Å²) >= 11 is 0. The molecule has 2 aliphatic heterocycles. The van der Waals surface area contributed by atoms with Gasteiger partial charge in [0.1, 0.15) is 6.04 Å². The topological polar surface area (TPSA) is 93.3 Å². The number of morpholine rings is 1. The molecule has 0 spiro atoms. The molecule has 1 saturated heterocycles. The van der Waals surface area contributed by atoms with Gasteiger partial charge in [-0.1, -0.05) is 0 Å². The molecule has 3 aliphatic carbocycles. The third-order valence-corrected chi connectivity index (χ3v) is 10.5. The van der Waals surface area contributed by atoms with Crippen molar-refractivity contribution in [3.8, 4) is 0 Å². The lowest BCUT2D eigenvalue weighted by atomic mass is 9.57. The first-order valence-electron chi connectivity index (χ1n) is 14.9. The molecule has 2 bridgehead atoms. The molecule has 3 aromatic rings. The molecule has 3 aromatic heterocycles. The first kappa shape index (κ1) is 26.0. The average molecular weight is 547 g/mol. The number of amides is 1. The van der Waals surface area contributed by atoms with Gasteiger partial charge in [0.05, 0.1) is 36.2 Å². The molecule has 4 fully saturated rings. The molecule has 1 N–H and O–H groups in total. The van der Waals surface area contributed by atoms with E-state index in [2.05, 4.69) is 44.8 Å². The fraction of sp³-hybridized carbons (Fsp3) is 0.667. The average Bonchev–Trinajstić information content (AvgIpc) is 3.47. The third kappa shape index (κ3) is 4.31. The van der Waals surface area contributed by atoms with Crippen LogP contribution in [0.2, 0.25) is 0 Å². The summed E-state index contributed by atoms with van der Waals surface area (Å²) in [5.41, 5.74) is 7.35. The van der Waals surface area contributed by atoms with Crippen LogP contribution >= 0.6 is 0 Å². The summed E-state index contributed by atoms with van der Waals surface area (Å²) in [6, 6.07) is 2.03. The lowest BCUT2D eigenvalue weighted by Gasteiger charge is -2.54. The van der Waals surface area contributed by atoms with Crippen molar-refractivity contribution in [1.82, 2.24) is 34.8 Å². The Morgan fingerprint density at radius 1 is 1.12 bits per heavy atom. The van der Waals surface area contributed by atoms with Gasteiger partial charge in [-0.15, -0.1) is 0 Å². The second-order valence-corrected chi connectivity index (χ2v) is 13.0. The van der Waals surface area contributed by atoms with Crippen LogP contribution in [-0.2, 0) is 36.1 Å². The van der Waals surface area contributed by atoms with Gasteiger partial charge in [0, 0.05) is 62.1 Å². The number of hydrogen-bond acceptors (Lipinski definition) is 7. The highest BCUT2D eigenvalue weighted by atomic mass is 16.5.